The first kappa shape index (κ1) is 13.5. The van der Waals surface area contributed by atoms with Gasteiger partial charge in [-0.2, -0.15) is 0 Å². The van der Waals surface area contributed by atoms with Crippen LogP contribution in [0.1, 0.15) is 51.0 Å². The molecule has 18 heavy (non-hydrogen) atoms. The van der Waals surface area contributed by atoms with E-state index in [0.717, 1.165) is 37.2 Å². The van der Waals surface area contributed by atoms with Crippen LogP contribution in [0.4, 0.5) is 4.39 Å². The van der Waals surface area contributed by atoms with Crippen LogP contribution in [0.25, 0.3) is 0 Å². The molecule has 0 saturated heterocycles. The highest BCUT2D eigenvalue weighted by atomic mass is 19.1. The van der Waals surface area contributed by atoms with E-state index < -0.39 is 5.60 Å². The van der Waals surface area contributed by atoms with E-state index >= 15 is 0 Å². The summed E-state index contributed by atoms with van der Waals surface area (Å²) in [6, 6.07) is 6.61. The molecule has 0 heterocycles. The van der Waals surface area contributed by atoms with Gasteiger partial charge in [0.15, 0.2) is 0 Å². The van der Waals surface area contributed by atoms with E-state index in [9.17, 15) is 9.50 Å². The minimum Gasteiger partial charge on any atom is -0.390 e. The van der Waals surface area contributed by atoms with Gasteiger partial charge >= 0.3 is 0 Å². The van der Waals surface area contributed by atoms with Gasteiger partial charge in [0, 0.05) is 6.42 Å². The zero-order valence-electron chi connectivity index (χ0n) is 11.2. The number of hydrogen-bond donors (Lipinski definition) is 1. The van der Waals surface area contributed by atoms with Crippen LogP contribution in [0, 0.1) is 11.7 Å². The summed E-state index contributed by atoms with van der Waals surface area (Å²) in [5.74, 6) is 0.568. The van der Waals surface area contributed by atoms with Gasteiger partial charge in [0.05, 0.1) is 5.60 Å². The van der Waals surface area contributed by atoms with Crippen LogP contribution in [0.2, 0.25) is 0 Å². The van der Waals surface area contributed by atoms with Gasteiger partial charge in [0.2, 0.25) is 0 Å². The largest absolute Gasteiger partial charge is 0.390 e. The predicted octanol–water partition coefficient (Wildman–Crippen LogP) is 4.09. The van der Waals surface area contributed by atoms with Crippen LogP contribution in [0.3, 0.4) is 0 Å². The highest BCUT2D eigenvalue weighted by Gasteiger charge is 2.32. The minimum atomic E-state index is -0.613. The number of hydrogen-bond acceptors (Lipinski definition) is 1. The normalized spacial score (nSPS) is 28.3. The third-order valence-corrected chi connectivity index (χ3v) is 4.16. The van der Waals surface area contributed by atoms with Crippen LogP contribution in [-0.2, 0) is 6.42 Å². The Balaban J connectivity index is 1.93. The molecule has 0 radical (unpaired) electrons. The van der Waals surface area contributed by atoms with Crippen LogP contribution >= 0.6 is 0 Å². The zero-order chi connectivity index (χ0) is 13.0. The lowest BCUT2D eigenvalue weighted by atomic mass is 9.75. The van der Waals surface area contributed by atoms with Crippen LogP contribution in [0.15, 0.2) is 24.3 Å². The van der Waals surface area contributed by atoms with E-state index in [1.54, 1.807) is 6.07 Å². The smallest absolute Gasteiger partial charge is 0.123 e. The van der Waals surface area contributed by atoms with Crippen molar-refractivity contribution in [2.45, 2.75) is 57.5 Å². The van der Waals surface area contributed by atoms with Crippen molar-refractivity contribution in [1.82, 2.24) is 0 Å². The SMILES string of the molecule is CCCC1CCC(O)(Cc2cccc(F)c2)CC1. The average molecular weight is 250 g/mol. The Bertz CT molecular complexity index is 380. The Kier molecular flexibility index (Phi) is 4.39. The second-order valence-corrected chi connectivity index (χ2v) is 5.76. The summed E-state index contributed by atoms with van der Waals surface area (Å²) in [4.78, 5) is 0. The average Bonchev–Trinajstić information content (AvgIpc) is 2.32. The number of rotatable bonds is 4. The van der Waals surface area contributed by atoms with Crippen molar-refractivity contribution in [1.29, 1.82) is 0 Å². The predicted molar refractivity (Wildman–Crippen MR) is 71.9 cm³/mol. The minimum absolute atomic E-state index is 0.212. The topological polar surface area (TPSA) is 20.2 Å². The maximum atomic E-state index is 13.1. The molecule has 0 aromatic heterocycles. The molecule has 1 aromatic rings. The summed E-state index contributed by atoms with van der Waals surface area (Å²) in [5.41, 5.74) is 0.296. The molecule has 1 saturated carbocycles. The molecule has 0 spiro atoms. The second-order valence-electron chi connectivity index (χ2n) is 5.76. The van der Waals surface area contributed by atoms with Gasteiger partial charge in [-0.1, -0.05) is 31.9 Å². The highest BCUT2D eigenvalue weighted by molar-refractivity contribution is 5.18. The van der Waals surface area contributed by atoms with Crippen molar-refractivity contribution < 1.29 is 9.50 Å². The Hall–Kier alpha value is -0.890. The Morgan fingerprint density at radius 3 is 2.67 bits per heavy atom. The highest BCUT2D eigenvalue weighted by Crippen LogP contribution is 2.36. The van der Waals surface area contributed by atoms with Gasteiger partial charge in [-0.15, -0.1) is 0 Å². The number of aliphatic hydroxyl groups is 1. The summed E-state index contributed by atoms with van der Waals surface area (Å²) in [5, 5.41) is 10.6. The molecule has 1 aliphatic carbocycles. The summed E-state index contributed by atoms with van der Waals surface area (Å²) in [6.07, 6.45) is 7.02. The molecule has 1 fully saturated rings. The Morgan fingerprint density at radius 1 is 1.33 bits per heavy atom. The summed E-state index contributed by atoms with van der Waals surface area (Å²) >= 11 is 0. The van der Waals surface area contributed by atoms with Crippen LogP contribution < -0.4 is 0 Å². The van der Waals surface area contributed by atoms with Crippen LogP contribution in [0.5, 0.6) is 0 Å². The van der Waals surface area contributed by atoms with Crippen LogP contribution in [-0.4, -0.2) is 10.7 Å². The maximum Gasteiger partial charge on any atom is 0.123 e. The molecule has 100 valence electrons. The molecule has 1 nitrogen and oxygen atoms in total. The van der Waals surface area contributed by atoms with Gasteiger partial charge in [0.25, 0.3) is 0 Å². The molecular weight excluding hydrogens is 227 g/mol. The lowest BCUT2D eigenvalue weighted by molar-refractivity contribution is -0.00990. The first-order chi connectivity index (χ1) is 8.61. The molecular formula is C16H23FO. The molecule has 0 bridgehead atoms. The third-order valence-electron chi connectivity index (χ3n) is 4.16. The molecule has 1 N–H and O–H groups in total. The van der Waals surface area contributed by atoms with Crippen molar-refractivity contribution in [3.05, 3.63) is 35.6 Å². The van der Waals surface area contributed by atoms with E-state index in [2.05, 4.69) is 6.92 Å². The van der Waals surface area contributed by atoms with E-state index in [-0.39, 0.29) is 5.82 Å². The van der Waals surface area contributed by atoms with E-state index in [0.29, 0.717) is 6.42 Å². The molecule has 0 amide bonds. The van der Waals surface area contributed by atoms with Gasteiger partial charge < -0.3 is 5.11 Å². The van der Waals surface area contributed by atoms with Gasteiger partial charge in [-0.25, -0.2) is 4.39 Å². The number of benzene rings is 1. The fourth-order valence-electron chi connectivity index (χ4n) is 3.12. The standard InChI is InChI=1S/C16H23FO/c1-2-4-13-7-9-16(18,10-8-13)12-14-5-3-6-15(17)11-14/h3,5-6,11,13,18H,2,4,7-10,12H2,1H3. The van der Waals surface area contributed by atoms with E-state index in [4.69, 9.17) is 0 Å². The quantitative estimate of drug-likeness (QED) is 0.853. The van der Waals surface area contributed by atoms with Gasteiger partial charge in [0.1, 0.15) is 5.82 Å². The van der Waals surface area contributed by atoms with Gasteiger partial charge in [-0.05, 0) is 49.3 Å². The molecule has 1 aliphatic rings. The van der Waals surface area contributed by atoms with E-state index in [1.165, 1.54) is 25.0 Å². The summed E-state index contributed by atoms with van der Waals surface area (Å²) in [7, 11) is 0. The summed E-state index contributed by atoms with van der Waals surface area (Å²) in [6.45, 7) is 2.22. The Morgan fingerprint density at radius 2 is 2.06 bits per heavy atom. The van der Waals surface area contributed by atoms with Gasteiger partial charge in [-0.3, -0.25) is 0 Å². The lowest BCUT2D eigenvalue weighted by Crippen LogP contribution is -2.36. The second kappa shape index (κ2) is 5.83. The van der Waals surface area contributed by atoms with Crippen molar-refractivity contribution in [3.8, 4) is 0 Å². The molecule has 0 unspecified atom stereocenters. The third kappa shape index (κ3) is 3.55. The molecule has 0 aliphatic heterocycles. The van der Waals surface area contributed by atoms with Crippen molar-refractivity contribution in [2.24, 2.45) is 5.92 Å². The van der Waals surface area contributed by atoms with Crippen molar-refractivity contribution in [2.75, 3.05) is 0 Å². The fourth-order valence-corrected chi connectivity index (χ4v) is 3.12. The lowest BCUT2D eigenvalue weighted by Gasteiger charge is -2.36. The number of halogens is 1. The Labute approximate surface area is 109 Å². The molecule has 0 atom stereocenters. The van der Waals surface area contributed by atoms with Crippen molar-refractivity contribution in [3.63, 3.8) is 0 Å². The molecule has 1 aromatic carbocycles. The monoisotopic (exact) mass is 250 g/mol. The zero-order valence-corrected chi connectivity index (χ0v) is 11.2. The van der Waals surface area contributed by atoms with E-state index in [1.807, 2.05) is 6.07 Å². The summed E-state index contributed by atoms with van der Waals surface area (Å²) < 4.78 is 13.1. The molecule has 2 rings (SSSR count). The van der Waals surface area contributed by atoms with Crippen molar-refractivity contribution >= 4 is 0 Å². The first-order valence-electron chi connectivity index (χ1n) is 7.08. The fraction of sp³-hybridized carbons (Fsp3) is 0.625. The first-order valence-corrected chi connectivity index (χ1v) is 7.08. The maximum absolute atomic E-state index is 13.1. The molecule has 2 heteroatoms.